The predicted molar refractivity (Wildman–Crippen MR) is 142 cm³/mol. The van der Waals surface area contributed by atoms with Crippen molar-refractivity contribution in [2.24, 2.45) is 14.1 Å². The Bertz CT molecular complexity index is 1510. The maximum absolute atomic E-state index is 15.7. The molecule has 9 nitrogen and oxygen atoms in total. The van der Waals surface area contributed by atoms with Crippen molar-refractivity contribution in [3.05, 3.63) is 41.5 Å². The van der Waals surface area contributed by atoms with Gasteiger partial charge in [-0.25, -0.2) is 4.39 Å². The van der Waals surface area contributed by atoms with Crippen LogP contribution in [0.1, 0.15) is 41.7 Å². The second-order valence-corrected chi connectivity index (χ2v) is 10.3. The smallest absolute Gasteiger partial charge is 0.261 e. The van der Waals surface area contributed by atoms with E-state index in [0.29, 0.717) is 29.0 Å². The van der Waals surface area contributed by atoms with Crippen LogP contribution in [0.15, 0.2) is 24.4 Å². The van der Waals surface area contributed by atoms with Crippen molar-refractivity contribution < 1.29 is 13.9 Å². The SMILES string of the molecule is COc1cc2nn(C)c(C)c2cc1NC(=O)c1c(F)cc(N2CCC(NC3CC3)CC2)c2cn(C)nc12. The highest BCUT2D eigenvalue weighted by Crippen LogP contribution is 2.35. The summed E-state index contributed by atoms with van der Waals surface area (Å²) in [6.45, 7) is 3.62. The van der Waals surface area contributed by atoms with E-state index in [1.54, 1.807) is 22.5 Å². The van der Waals surface area contributed by atoms with Gasteiger partial charge in [-0.05, 0) is 44.7 Å². The van der Waals surface area contributed by atoms with Crippen molar-refractivity contribution in [1.29, 1.82) is 0 Å². The van der Waals surface area contributed by atoms with Gasteiger partial charge in [0, 0.05) is 68.0 Å². The number of aryl methyl sites for hydroxylation is 3. The molecule has 194 valence electrons. The van der Waals surface area contributed by atoms with Gasteiger partial charge in [0.15, 0.2) is 0 Å². The summed E-state index contributed by atoms with van der Waals surface area (Å²) in [5.74, 6) is -0.704. The lowest BCUT2D eigenvalue weighted by atomic mass is 10.0. The number of anilines is 2. The molecule has 0 bridgehead atoms. The Hall–Kier alpha value is -3.66. The monoisotopic (exact) mass is 505 g/mol. The second kappa shape index (κ2) is 9.02. The number of nitrogens with one attached hydrogen (secondary N) is 2. The molecular weight excluding hydrogens is 473 g/mol. The number of rotatable bonds is 6. The van der Waals surface area contributed by atoms with Gasteiger partial charge in [0.1, 0.15) is 22.6 Å². The Balaban J connectivity index is 1.32. The van der Waals surface area contributed by atoms with Crippen LogP contribution in [0.4, 0.5) is 15.8 Å². The number of carbonyl (C=O) groups is 1. The summed E-state index contributed by atoms with van der Waals surface area (Å²) in [6.07, 6.45) is 6.43. The minimum Gasteiger partial charge on any atom is -0.494 e. The lowest BCUT2D eigenvalue weighted by Crippen LogP contribution is -2.43. The van der Waals surface area contributed by atoms with E-state index in [9.17, 15) is 4.79 Å². The Labute approximate surface area is 214 Å². The number of hydrogen-bond acceptors (Lipinski definition) is 6. The van der Waals surface area contributed by atoms with E-state index >= 15 is 4.39 Å². The molecule has 2 N–H and O–H groups in total. The lowest BCUT2D eigenvalue weighted by Gasteiger charge is -2.34. The number of methoxy groups -OCH3 is 1. The van der Waals surface area contributed by atoms with Gasteiger partial charge < -0.3 is 20.3 Å². The average molecular weight is 506 g/mol. The molecule has 2 fully saturated rings. The molecule has 2 aliphatic rings. The number of amides is 1. The Kier molecular flexibility index (Phi) is 5.78. The molecule has 6 rings (SSSR count). The van der Waals surface area contributed by atoms with E-state index in [1.807, 2.05) is 26.2 Å². The van der Waals surface area contributed by atoms with Gasteiger partial charge in [-0.15, -0.1) is 0 Å². The highest BCUT2D eigenvalue weighted by molar-refractivity contribution is 6.15. The molecule has 1 amide bonds. The van der Waals surface area contributed by atoms with E-state index in [-0.39, 0.29) is 5.56 Å². The molecule has 4 aromatic rings. The fourth-order valence-corrected chi connectivity index (χ4v) is 5.40. The second-order valence-electron chi connectivity index (χ2n) is 10.3. The average Bonchev–Trinajstić information content (AvgIpc) is 3.54. The fourth-order valence-electron chi connectivity index (χ4n) is 5.40. The standard InChI is InChI=1S/C27H32FN7O2/c1-15-18-11-22(24(37-4)13-21(18)31-34(15)3)30-27(36)25-20(28)12-23(19-14-33(2)32-26(19)25)35-9-7-17(8-10-35)29-16-5-6-16/h11-14,16-17,29H,5-10H2,1-4H3,(H,30,36). The van der Waals surface area contributed by atoms with Crippen molar-refractivity contribution in [2.75, 3.05) is 30.4 Å². The number of nitrogens with zero attached hydrogens (tertiary/aromatic N) is 5. The van der Waals surface area contributed by atoms with E-state index in [2.05, 4.69) is 25.7 Å². The fraction of sp³-hybridized carbons (Fsp3) is 0.444. The van der Waals surface area contributed by atoms with Crippen LogP contribution in [0.25, 0.3) is 21.8 Å². The molecule has 0 radical (unpaired) electrons. The molecule has 1 saturated heterocycles. The van der Waals surface area contributed by atoms with E-state index < -0.39 is 11.7 Å². The molecule has 0 spiro atoms. The topological polar surface area (TPSA) is 89.2 Å². The molecule has 0 unspecified atom stereocenters. The highest BCUT2D eigenvalue weighted by atomic mass is 19.1. The third-order valence-electron chi connectivity index (χ3n) is 7.65. The summed E-state index contributed by atoms with van der Waals surface area (Å²) in [5, 5.41) is 17.2. The van der Waals surface area contributed by atoms with Crippen molar-refractivity contribution in [3.63, 3.8) is 0 Å². The first-order valence-corrected chi connectivity index (χ1v) is 12.8. The maximum Gasteiger partial charge on any atom is 0.261 e. The molecule has 0 atom stereocenters. The molecule has 2 aromatic carbocycles. The summed E-state index contributed by atoms with van der Waals surface area (Å²) < 4.78 is 24.6. The van der Waals surface area contributed by atoms with Gasteiger partial charge in [-0.1, -0.05) is 0 Å². The quantitative estimate of drug-likeness (QED) is 0.413. The third-order valence-corrected chi connectivity index (χ3v) is 7.65. The van der Waals surface area contributed by atoms with Gasteiger partial charge in [0.05, 0.1) is 24.0 Å². The number of halogens is 1. The Morgan fingerprint density at radius 1 is 1.05 bits per heavy atom. The molecule has 1 saturated carbocycles. The molecular formula is C27H32FN7O2. The van der Waals surface area contributed by atoms with Gasteiger partial charge in [0.2, 0.25) is 0 Å². The van der Waals surface area contributed by atoms with Crippen LogP contribution < -0.4 is 20.3 Å². The summed E-state index contributed by atoms with van der Waals surface area (Å²) in [5.41, 5.74) is 3.22. The van der Waals surface area contributed by atoms with Crippen LogP contribution in [0.5, 0.6) is 5.75 Å². The first-order chi connectivity index (χ1) is 17.8. The van der Waals surface area contributed by atoms with Crippen LogP contribution in [-0.4, -0.2) is 57.8 Å². The number of ether oxygens (including phenoxy) is 1. The number of benzene rings is 2. The zero-order valence-electron chi connectivity index (χ0n) is 21.6. The van der Waals surface area contributed by atoms with Gasteiger partial charge in [-0.2, -0.15) is 10.2 Å². The third kappa shape index (κ3) is 4.29. The first kappa shape index (κ1) is 23.7. The minimum absolute atomic E-state index is 0.0744. The largest absolute Gasteiger partial charge is 0.494 e. The number of fused-ring (bicyclic) bond motifs is 2. The van der Waals surface area contributed by atoms with E-state index in [0.717, 1.165) is 53.6 Å². The Morgan fingerprint density at radius 2 is 1.78 bits per heavy atom. The maximum atomic E-state index is 15.7. The van der Waals surface area contributed by atoms with Crippen molar-refractivity contribution >= 4 is 39.1 Å². The zero-order chi connectivity index (χ0) is 25.8. The van der Waals surface area contributed by atoms with Crippen LogP contribution in [0.3, 0.4) is 0 Å². The van der Waals surface area contributed by atoms with Crippen molar-refractivity contribution in [3.8, 4) is 5.75 Å². The number of aromatic nitrogens is 4. The number of carbonyl (C=O) groups excluding carboxylic acids is 1. The highest BCUT2D eigenvalue weighted by Gasteiger charge is 2.29. The predicted octanol–water partition coefficient (Wildman–Crippen LogP) is 3.89. The summed E-state index contributed by atoms with van der Waals surface area (Å²) in [4.78, 5) is 15.7. The molecule has 3 heterocycles. The van der Waals surface area contributed by atoms with Gasteiger partial charge >= 0.3 is 0 Å². The van der Waals surface area contributed by atoms with Crippen molar-refractivity contribution in [1.82, 2.24) is 24.9 Å². The molecule has 1 aliphatic carbocycles. The lowest BCUT2D eigenvalue weighted by molar-refractivity contribution is 0.102. The molecule has 1 aliphatic heterocycles. The summed E-state index contributed by atoms with van der Waals surface area (Å²) in [7, 11) is 5.18. The first-order valence-electron chi connectivity index (χ1n) is 12.8. The van der Waals surface area contributed by atoms with Crippen LogP contribution >= 0.6 is 0 Å². The van der Waals surface area contributed by atoms with Crippen molar-refractivity contribution in [2.45, 2.75) is 44.7 Å². The zero-order valence-corrected chi connectivity index (χ0v) is 21.6. The number of hydrogen-bond donors (Lipinski definition) is 2. The Morgan fingerprint density at radius 3 is 2.49 bits per heavy atom. The van der Waals surface area contributed by atoms with E-state index in [1.165, 1.54) is 26.0 Å². The minimum atomic E-state index is -0.588. The van der Waals surface area contributed by atoms with Gasteiger partial charge in [-0.3, -0.25) is 14.2 Å². The van der Waals surface area contributed by atoms with Crippen LogP contribution in [0, 0.1) is 12.7 Å². The normalized spacial score (nSPS) is 16.6. The molecule has 2 aromatic heterocycles. The number of piperidine rings is 1. The van der Waals surface area contributed by atoms with E-state index in [4.69, 9.17) is 4.74 Å². The summed E-state index contributed by atoms with van der Waals surface area (Å²) >= 11 is 0. The van der Waals surface area contributed by atoms with Crippen LogP contribution in [-0.2, 0) is 14.1 Å². The molecule has 10 heteroatoms. The van der Waals surface area contributed by atoms with Gasteiger partial charge in [0.25, 0.3) is 5.91 Å². The summed E-state index contributed by atoms with van der Waals surface area (Å²) in [6, 6.07) is 6.27. The van der Waals surface area contributed by atoms with Crippen LogP contribution in [0.2, 0.25) is 0 Å². The molecule has 37 heavy (non-hydrogen) atoms.